The van der Waals surface area contributed by atoms with Crippen LogP contribution in [0, 0.1) is 118 Å². The fourth-order valence-corrected chi connectivity index (χ4v) is 11.3. The van der Waals surface area contributed by atoms with Gasteiger partial charge in [-0.3, -0.25) is 44.9 Å². The van der Waals surface area contributed by atoms with Crippen LogP contribution in [0.15, 0.2) is 221 Å². The standard InChI is InChI=1S/3C10H15N.C9H12FN.3C9H14N2.3C9H13N.2C8H12N2/c3*1-8(2)6-10-5-4-9(3)7-11-10;1-7(2)6-9-8(10)4-3-5-11-9;3*1-7(2)4-9-10-5-8(3)6-11-9;2*1-8(2)6-9-4-3-5-10-7-9;1-8(2)7-9-5-3-4-6-10-9;1-7(2)5-8-6-9-3-4-10-8;1-7(2)6-8-9-4-3-5-10-8/h3*4-5,7-8H,6H2,1-3H3;3-5,7H,6H2,1-2H3;3*5-7H,4H2,1-3H3;2*3-5,7-8H,6H2,1-2H3;3-6,8H,7H2,1-2H3;3-4,6-7H,5H2,1-2H3;3-5,7H,6H2,1-2H3. The van der Waals surface area contributed by atoms with Crippen molar-refractivity contribution >= 4 is 0 Å². The fourth-order valence-electron chi connectivity index (χ4n) is 11.3. The predicted molar refractivity (Wildman–Crippen MR) is 531 cm³/mol. The van der Waals surface area contributed by atoms with Crippen LogP contribution in [0.5, 0.6) is 0 Å². The molecule has 0 radical (unpaired) electrons. The van der Waals surface area contributed by atoms with Crippen LogP contribution >= 0.6 is 0 Å². The monoisotopic (exact) mass is 1730 g/mol. The summed E-state index contributed by atoms with van der Waals surface area (Å²) in [4.78, 5) is 70.8. The zero-order valence-electron chi connectivity index (χ0n) is 83.7. The van der Waals surface area contributed by atoms with Crippen LogP contribution in [-0.2, 0) is 77.0 Å². The van der Waals surface area contributed by atoms with Crippen LogP contribution in [0.3, 0.4) is 0 Å². The van der Waals surface area contributed by atoms with Crippen molar-refractivity contribution in [2.75, 3.05) is 0 Å². The van der Waals surface area contributed by atoms with Gasteiger partial charge in [-0.25, -0.2) is 44.3 Å². The number of aromatic nitrogens is 17. The molecule has 18 heteroatoms. The Morgan fingerprint density at radius 2 is 0.465 bits per heavy atom. The second kappa shape index (κ2) is 69.5. The smallest absolute Gasteiger partial charge is 0.144 e. The minimum Gasteiger partial charge on any atom is -0.264 e. The zero-order chi connectivity index (χ0) is 94.9. The van der Waals surface area contributed by atoms with Gasteiger partial charge in [0.05, 0.1) is 11.4 Å². The van der Waals surface area contributed by atoms with Crippen molar-refractivity contribution in [3.8, 4) is 0 Å². The molecule has 0 unspecified atom stereocenters. The highest BCUT2D eigenvalue weighted by atomic mass is 19.1. The SMILES string of the molecule is CC(C)Cc1ccccn1.CC(C)Cc1cccnc1.CC(C)Cc1cccnc1.CC(C)Cc1cnccn1.CC(C)Cc1ncccc1F.CC(C)Cc1ncccn1.Cc1ccc(CC(C)C)nc1.Cc1ccc(CC(C)C)nc1.Cc1ccc(CC(C)C)nc1.Cc1cnc(CC(C)C)nc1.Cc1cnc(CC(C)C)nc1.Cc1cnc(CC(C)C)nc1. The number of pyridine rings is 7. The van der Waals surface area contributed by atoms with Gasteiger partial charge in [0.25, 0.3) is 0 Å². The molecule has 0 aromatic carbocycles. The van der Waals surface area contributed by atoms with Crippen LogP contribution in [0.25, 0.3) is 0 Å². The number of hydrogen-bond donors (Lipinski definition) is 0. The molecule has 0 fully saturated rings. The van der Waals surface area contributed by atoms with E-state index in [1.165, 1.54) is 56.7 Å². The molecule has 0 amide bonds. The first-order valence-corrected chi connectivity index (χ1v) is 46.1. The quantitative estimate of drug-likeness (QED) is 0.0549. The van der Waals surface area contributed by atoms with Crippen LogP contribution in [0.2, 0.25) is 0 Å². The predicted octanol–water partition coefficient (Wildman–Crippen LogP) is 26.3. The van der Waals surface area contributed by atoms with Gasteiger partial charge in [-0.1, -0.05) is 203 Å². The Morgan fingerprint density at radius 3 is 0.732 bits per heavy atom. The lowest BCUT2D eigenvalue weighted by Crippen LogP contribution is -1.99. The van der Waals surface area contributed by atoms with E-state index in [0.29, 0.717) is 71.3 Å². The second-order valence-electron chi connectivity index (χ2n) is 37.5. The number of rotatable bonds is 24. The Balaban J connectivity index is 0.000000693. The van der Waals surface area contributed by atoms with Crippen LogP contribution < -0.4 is 0 Å². The average molecular weight is 1730 g/mol. The van der Waals surface area contributed by atoms with Crippen molar-refractivity contribution in [2.24, 2.45) is 71.0 Å². The first kappa shape index (κ1) is 114. The summed E-state index contributed by atoms with van der Waals surface area (Å²) >= 11 is 0. The molecule has 0 spiro atoms. The minimum atomic E-state index is -0.193. The third-order valence-corrected chi connectivity index (χ3v) is 17.0. The van der Waals surface area contributed by atoms with E-state index in [4.69, 9.17) is 0 Å². The molecule has 0 aliphatic heterocycles. The molecule has 17 nitrogen and oxygen atoms in total. The van der Waals surface area contributed by atoms with Gasteiger partial charge in [0, 0.05) is 172 Å². The lowest BCUT2D eigenvalue weighted by molar-refractivity contribution is 0.560. The van der Waals surface area contributed by atoms with Gasteiger partial charge in [-0.05, 0) is 269 Å². The maximum Gasteiger partial charge on any atom is 0.144 e. The number of nitrogens with zero attached hydrogens (tertiary/aromatic N) is 17. The van der Waals surface area contributed by atoms with Crippen LogP contribution in [0.1, 0.15) is 268 Å². The summed E-state index contributed by atoms with van der Waals surface area (Å²) in [6, 6.07) is 31.8. The number of aryl methyl sites for hydroxylation is 6. The molecule has 0 bridgehead atoms. The summed E-state index contributed by atoms with van der Waals surface area (Å²) in [7, 11) is 0. The highest BCUT2D eigenvalue weighted by molar-refractivity contribution is 5.16. The molecule has 12 aromatic heterocycles. The van der Waals surface area contributed by atoms with E-state index in [0.717, 1.165) is 128 Å². The van der Waals surface area contributed by atoms with E-state index in [2.05, 4.69) is 312 Å². The van der Waals surface area contributed by atoms with Crippen molar-refractivity contribution in [1.29, 1.82) is 0 Å². The fraction of sp³-hybridized carbons (Fsp3) is 0.495. The van der Waals surface area contributed by atoms with Crippen molar-refractivity contribution in [2.45, 2.75) is 285 Å². The van der Waals surface area contributed by atoms with Gasteiger partial charge in [0.1, 0.15) is 29.1 Å². The maximum absolute atomic E-state index is 12.9. The summed E-state index contributed by atoms with van der Waals surface area (Å²) in [5.41, 5.74) is 16.2. The topological polar surface area (TPSA) is 219 Å². The first-order valence-electron chi connectivity index (χ1n) is 46.1. The molecule has 127 heavy (non-hydrogen) atoms. The largest absolute Gasteiger partial charge is 0.264 e. The first-order chi connectivity index (χ1) is 60.2. The lowest BCUT2D eigenvalue weighted by Gasteiger charge is -2.03. The summed E-state index contributed by atoms with van der Waals surface area (Å²) in [6.45, 7) is 64.5. The molecule has 12 rings (SSSR count). The highest BCUT2D eigenvalue weighted by Crippen LogP contribution is 2.14. The van der Waals surface area contributed by atoms with Crippen molar-refractivity contribution in [1.82, 2.24) is 84.7 Å². The van der Waals surface area contributed by atoms with E-state index in [1.807, 2.05) is 158 Å². The van der Waals surface area contributed by atoms with E-state index >= 15 is 0 Å². The van der Waals surface area contributed by atoms with Crippen LogP contribution in [-0.4, -0.2) is 84.7 Å². The van der Waals surface area contributed by atoms with Gasteiger partial charge in [-0.15, -0.1) is 0 Å². The minimum absolute atomic E-state index is 0.193. The second-order valence-corrected chi connectivity index (χ2v) is 37.5. The Morgan fingerprint density at radius 1 is 0.189 bits per heavy atom. The summed E-state index contributed by atoms with van der Waals surface area (Å²) in [5.74, 6) is 11.5. The molecule has 0 atom stereocenters. The van der Waals surface area contributed by atoms with E-state index in [9.17, 15) is 4.39 Å². The average Bonchev–Trinajstić information content (AvgIpc) is 0.891. The number of hydrogen-bond acceptors (Lipinski definition) is 17. The molecule has 0 saturated heterocycles. The van der Waals surface area contributed by atoms with Gasteiger partial charge < -0.3 is 0 Å². The molecule has 12 heterocycles. The molecule has 0 N–H and O–H groups in total. The van der Waals surface area contributed by atoms with Crippen molar-refractivity contribution in [3.05, 3.63) is 329 Å². The Kier molecular flexibility index (Phi) is 62.6. The molecule has 0 saturated carbocycles. The molecule has 690 valence electrons. The molecule has 0 aliphatic carbocycles. The Bertz CT molecular complexity index is 3850. The van der Waals surface area contributed by atoms with E-state index in [1.54, 1.807) is 37.1 Å². The lowest BCUT2D eigenvalue weighted by atomic mass is 10.1. The van der Waals surface area contributed by atoms with Gasteiger partial charge in [-0.2, -0.15) is 0 Å². The Labute approximate surface area is 769 Å². The molecule has 0 aliphatic rings. The molecule has 12 aromatic rings. The third-order valence-electron chi connectivity index (χ3n) is 17.0. The molecular formula is C109H162FN17. The normalized spacial score (nSPS) is 10.4. The van der Waals surface area contributed by atoms with Crippen LogP contribution in [0.4, 0.5) is 4.39 Å². The highest BCUT2D eigenvalue weighted by Gasteiger charge is 2.08. The summed E-state index contributed by atoms with van der Waals surface area (Å²) in [6.07, 6.45) is 49.0. The van der Waals surface area contributed by atoms with Gasteiger partial charge in [0.15, 0.2) is 0 Å². The third kappa shape index (κ3) is 67.4. The Hall–Kier alpha value is -10.6. The van der Waals surface area contributed by atoms with Crippen molar-refractivity contribution in [3.63, 3.8) is 0 Å². The molecular weight excluding hydrogens is 1570 g/mol. The summed E-state index contributed by atoms with van der Waals surface area (Å²) in [5, 5.41) is 0. The maximum atomic E-state index is 12.9. The number of halogens is 1. The zero-order valence-corrected chi connectivity index (χ0v) is 83.7. The summed E-state index contributed by atoms with van der Waals surface area (Å²) < 4.78 is 12.9. The van der Waals surface area contributed by atoms with Gasteiger partial charge in [0.2, 0.25) is 0 Å². The van der Waals surface area contributed by atoms with Gasteiger partial charge >= 0.3 is 0 Å². The van der Waals surface area contributed by atoms with E-state index < -0.39 is 0 Å². The van der Waals surface area contributed by atoms with Crippen molar-refractivity contribution < 1.29 is 4.39 Å². The van der Waals surface area contributed by atoms with E-state index in [-0.39, 0.29) is 5.82 Å².